The summed E-state index contributed by atoms with van der Waals surface area (Å²) in [6, 6.07) is 27.0. The van der Waals surface area contributed by atoms with Gasteiger partial charge in [0.25, 0.3) is 0 Å². The van der Waals surface area contributed by atoms with Gasteiger partial charge in [-0.3, -0.25) is 0 Å². The van der Waals surface area contributed by atoms with E-state index >= 15 is 0 Å². The quantitative estimate of drug-likeness (QED) is 0.271. The molecule has 0 aliphatic heterocycles. The van der Waals surface area contributed by atoms with E-state index in [4.69, 9.17) is 4.74 Å². The Morgan fingerprint density at radius 3 is 2.58 bits per heavy atom. The predicted octanol–water partition coefficient (Wildman–Crippen LogP) is 6.16. The molecule has 1 aromatic heterocycles. The van der Waals surface area contributed by atoms with Gasteiger partial charge < -0.3 is 15.0 Å². The van der Waals surface area contributed by atoms with Crippen LogP contribution in [0.1, 0.15) is 23.4 Å². The summed E-state index contributed by atoms with van der Waals surface area (Å²) >= 11 is 0. The first-order valence-electron chi connectivity index (χ1n) is 11.3. The number of benzene rings is 4. The summed E-state index contributed by atoms with van der Waals surface area (Å²) < 4.78 is 19.4. The first-order chi connectivity index (χ1) is 16.3. The van der Waals surface area contributed by atoms with Crippen molar-refractivity contribution >= 4 is 21.8 Å². The molecule has 5 aromatic rings. The van der Waals surface area contributed by atoms with E-state index in [2.05, 4.69) is 45.6 Å². The molecule has 0 aliphatic rings. The van der Waals surface area contributed by atoms with Gasteiger partial charge in [0, 0.05) is 18.5 Å². The number of nitrogens with one attached hydrogen (secondary N) is 2. The summed E-state index contributed by atoms with van der Waals surface area (Å²) in [4.78, 5) is 8.05. The summed E-state index contributed by atoms with van der Waals surface area (Å²) in [5.74, 6) is 1.63. The standard InChI is InChI=1S/C28H26FN3O/c29-22-14-11-20(12-15-22)19-33-27-16-13-21-6-1-2-7-23(21)24(27)18-30-17-5-10-28-31-25-8-3-4-9-26(25)32-28/h1-4,6-9,11-16,30H,5,10,17-19H2,(H,31,32). The number of fused-ring (bicyclic) bond motifs is 2. The predicted molar refractivity (Wildman–Crippen MR) is 131 cm³/mol. The van der Waals surface area contributed by atoms with Gasteiger partial charge in [-0.2, -0.15) is 0 Å². The smallest absolute Gasteiger partial charge is 0.124 e. The molecule has 1 heterocycles. The number of hydrogen-bond acceptors (Lipinski definition) is 3. The van der Waals surface area contributed by atoms with Gasteiger partial charge in [-0.25, -0.2) is 9.37 Å². The van der Waals surface area contributed by atoms with E-state index in [0.717, 1.165) is 53.1 Å². The van der Waals surface area contributed by atoms with Crippen LogP contribution in [0.2, 0.25) is 0 Å². The van der Waals surface area contributed by atoms with Crippen molar-refractivity contribution in [3.8, 4) is 5.75 Å². The Morgan fingerprint density at radius 2 is 1.70 bits per heavy atom. The Balaban J connectivity index is 1.23. The second-order valence-electron chi connectivity index (χ2n) is 8.16. The van der Waals surface area contributed by atoms with E-state index < -0.39 is 0 Å². The molecule has 0 amide bonds. The van der Waals surface area contributed by atoms with Crippen LogP contribution in [0.5, 0.6) is 5.75 Å². The van der Waals surface area contributed by atoms with Crippen molar-refractivity contribution in [3.63, 3.8) is 0 Å². The molecule has 5 heteroatoms. The largest absolute Gasteiger partial charge is 0.489 e. The number of aryl methyl sites for hydroxylation is 1. The van der Waals surface area contributed by atoms with Gasteiger partial charge in [-0.1, -0.05) is 54.6 Å². The van der Waals surface area contributed by atoms with Crippen LogP contribution >= 0.6 is 0 Å². The second-order valence-corrected chi connectivity index (χ2v) is 8.16. The minimum Gasteiger partial charge on any atom is -0.489 e. The number of ether oxygens (including phenoxy) is 1. The minimum atomic E-state index is -0.239. The van der Waals surface area contributed by atoms with Crippen LogP contribution < -0.4 is 10.1 Å². The maximum atomic E-state index is 13.2. The average molecular weight is 440 g/mol. The molecule has 0 fully saturated rings. The molecule has 0 atom stereocenters. The van der Waals surface area contributed by atoms with Crippen molar-refractivity contribution in [2.24, 2.45) is 0 Å². The number of rotatable bonds is 9. The fourth-order valence-corrected chi connectivity index (χ4v) is 4.09. The fraction of sp³-hybridized carbons (Fsp3) is 0.179. The number of para-hydroxylation sites is 2. The minimum absolute atomic E-state index is 0.239. The molecular weight excluding hydrogens is 413 g/mol. The van der Waals surface area contributed by atoms with E-state index in [1.165, 1.54) is 22.9 Å². The monoisotopic (exact) mass is 439 g/mol. The highest BCUT2D eigenvalue weighted by Gasteiger charge is 2.10. The number of halogens is 1. The molecule has 4 nitrogen and oxygen atoms in total. The number of aromatic amines is 1. The molecule has 166 valence electrons. The molecular formula is C28H26FN3O. The summed E-state index contributed by atoms with van der Waals surface area (Å²) in [5.41, 5.74) is 4.17. The third-order valence-corrected chi connectivity index (χ3v) is 5.81. The number of hydrogen-bond donors (Lipinski definition) is 2. The van der Waals surface area contributed by atoms with Gasteiger partial charge in [-0.15, -0.1) is 0 Å². The highest BCUT2D eigenvalue weighted by molar-refractivity contribution is 5.87. The third kappa shape index (κ3) is 5.04. The summed E-state index contributed by atoms with van der Waals surface area (Å²) in [7, 11) is 0. The zero-order valence-electron chi connectivity index (χ0n) is 18.4. The molecule has 0 bridgehead atoms. The van der Waals surface area contributed by atoms with Crippen LogP contribution in [0, 0.1) is 5.82 Å². The van der Waals surface area contributed by atoms with Crippen molar-refractivity contribution in [3.05, 3.63) is 108 Å². The van der Waals surface area contributed by atoms with Crippen LogP contribution in [0.4, 0.5) is 4.39 Å². The average Bonchev–Trinajstić information content (AvgIpc) is 3.27. The Bertz CT molecular complexity index is 1330. The van der Waals surface area contributed by atoms with Crippen LogP contribution in [0.3, 0.4) is 0 Å². The molecule has 0 saturated heterocycles. The number of imidazole rings is 1. The lowest BCUT2D eigenvalue weighted by molar-refractivity contribution is 0.302. The molecule has 0 spiro atoms. The Hall–Kier alpha value is -3.70. The lowest BCUT2D eigenvalue weighted by atomic mass is 10.0. The number of aromatic nitrogens is 2. The van der Waals surface area contributed by atoms with Gasteiger partial charge in [0.05, 0.1) is 11.0 Å². The molecule has 4 aromatic carbocycles. The Morgan fingerprint density at radius 1 is 0.879 bits per heavy atom. The van der Waals surface area contributed by atoms with Crippen molar-refractivity contribution in [2.45, 2.75) is 26.0 Å². The van der Waals surface area contributed by atoms with Gasteiger partial charge in [0.15, 0.2) is 0 Å². The van der Waals surface area contributed by atoms with Gasteiger partial charge in [0.2, 0.25) is 0 Å². The van der Waals surface area contributed by atoms with E-state index in [-0.39, 0.29) is 5.82 Å². The Labute approximate surface area is 192 Å². The number of nitrogens with zero attached hydrogens (tertiary/aromatic N) is 1. The molecule has 33 heavy (non-hydrogen) atoms. The summed E-state index contributed by atoms with van der Waals surface area (Å²) in [6.45, 7) is 1.98. The molecule has 5 rings (SSSR count). The van der Waals surface area contributed by atoms with Crippen LogP contribution in [-0.4, -0.2) is 16.5 Å². The lowest BCUT2D eigenvalue weighted by Crippen LogP contribution is -2.16. The SMILES string of the molecule is Fc1ccc(COc2ccc3ccccc3c2CNCCCc2nc3ccccc3[nH]2)cc1. The van der Waals surface area contributed by atoms with Gasteiger partial charge in [0.1, 0.15) is 24.0 Å². The van der Waals surface area contributed by atoms with Crippen molar-refractivity contribution in [2.75, 3.05) is 6.54 Å². The zero-order chi connectivity index (χ0) is 22.5. The summed E-state index contributed by atoms with van der Waals surface area (Å²) in [5, 5.41) is 5.94. The van der Waals surface area contributed by atoms with E-state index in [1.807, 2.05) is 30.3 Å². The van der Waals surface area contributed by atoms with Crippen LogP contribution in [0.25, 0.3) is 21.8 Å². The van der Waals surface area contributed by atoms with Gasteiger partial charge in [-0.05, 0) is 59.6 Å². The van der Waals surface area contributed by atoms with Crippen molar-refractivity contribution in [1.29, 1.82) is 0 Å². The number of H-pyrrole nitrogens is 1. The topological polar surface area (TPSA) is 49.9 Å². The van der Waals surface area contributed by atoms with Crippen LogP contribution in [0.15, 0.2) is 84.9 Å². The first kappa shape index (κ1) is 21.2. The maximum Gasteiger partial charge on any atom is 0.124 e. The summed E-state index contributed by atoms with van der Waals surface area (Å²) in [6.07, 6.45) is 1.88. The Kier molecular flexibility index (Phi) is 6.31. The fourth-order valence-electron chi connectivity index (χ4n) is 4.09. The molecule has 0 aliphatic carbocycles. The van der Waals surface area contributed by atoms with E-state index in [9.17, 15) is 4.39 Å². The third-order valence-electron chi connectivity index (χ3n) is 5.81. The lowest BCUT2D eigenvalue weighted by Gasteiger charge is -2.15. The molecule has 0 unspecified atom stereocenters. The maximum absolute atomic E-state index is 13.2. The highest BCUT2D eigenvalue weighted by atomic mass is 19.1. The molecule has 2 N–H and O–H groups in total. The van der Waals surface area contributed by atoms with Crippen molar-refractivity contribution in [1.82, 2.24) is 15.3 Å². The highest BCUT2D eigenvalue weighted by Crippen LogP contribution is 2.29. The second kappa shape index (κ2) is 9.84. The first-order valence-corrected chi connectivity index (χ1v) is 11.3. The van der Waals surface area contributed by atoms with Gasteiger partial charge >= 0.3 is 0 Å². The van der Waals surface area contributed by atoms with E-state index in [1.54, 1.807) is 12.1 Å². The zero-order valence-corrected chi connectivity index (χ0v) is 18.4. The molecule has 0 saturated carbocycles. The normalized spacial score (nSPS) is 11.3. The molecule has 0 radical (unpaired) electrons. The van der Waals surface area contributed by atoms with Crippen molar-refractivity contribution < 1.29 is 9.13 Å². The van der Waals surface area contributed by atoms with E-state index in [0.29, 0.717) is 13.2 Å². The van der Waals surface area contributed by atoms with Crippen LogP contribution in [-0.2, 0) is 19.6 Å².